The van der Waals surface area contributed by atoms with Crippen LogP contribution >= 0.6 is 23.4 Å². The van der Waals surface area contributed by atoms with E-state index in [4.69, 9.17) is 11.6 Å². The largest absolute Gasteiger partial charge is 0.287 e. The van der Waals surface area contributed by atoms with E-state index >= 15 is 0 Å². The van der Waals surface area contributed by atoms with Crippen LogP contribution in [0.2, 0.25) is 5.02 Å². The molecule has 9 heteroatoms. The third-order valence-corrected chi connectivity index (χ3v) is 5.40. The Morgan fingerprint density at radius 1 is 1.14 bits per heavy atom. The zero-order chi connectivity index (χ0) is 19.5. The van der Waals surface area contributed by atoms with Crippen molar-refractivity contribution in [3.8, 4) is 5.69 Å². The van der Waals surface area contributed by atoms with E-state index in [2.05, 4.69) is 20.5 Å². The number of halogens is 1. The van der Waals surface area contributed by atoms with Gasteiger partial charge in [-0.3, -0.25) is 9.36 Å². The molecule has 7 nitrogen and oxygen atoms in total. The van der Waals surface area contributed by atoms with Gasteiger partial charge in [0.05, 0.1) is 22.3 Å². The van der Waals surface area contributed by atoms with Gasteiger partial charge in [-0.25, -0.2) is 4.98 Å². The Balaban J connectivity index is 1.70. The maximum Gasteiger partial charge on any atom is 0.262 e. The molecule has 4 aromatic rings. The molecule has 0 amide bonds. The molecular weight excluding hydrogens is 396 g/mol. The van der Waals surface area contributed by atoms with Crippen molar-refractivity contribution in [1.29, 1.82) is 0 Å². The first kappa shape index (κ1) is 18.6. The van der Waals surface area contributed by atoms with Crippen LogP contribution in [0.5, 0.6) is 0 Å². The highest BCUT2D eigenvalue weighted by molar-refractivity contribution is 7.98. The Morgan fingerprint density at radius 3 is 2.75 bits per heavy atom. The first-order valence-corrected chi connectivity index (χ1v) is 10.2. The lowest BCUT2D eigenvalue weighted by atomic mass is 10.2. The molecule has 0 saturated heterocycles. The molecule has 2 aromatic carbocycles. The van der Waals surface area contributed by atoms with E-state index in [1.165, 1.54) is 11.8 Å². The van der Waals surface area contributed by atoms with Gasteiger partial charge in [0.2, 0.25) is 0 Å². The Morgan fingerprint density at radius 2 is 1.96 bits per heavy atom. The van der Waals surface area contributed by atoms with E-state index < -0.39 is 0 Å². The predicted molar refractivity (Wildman–Crippen MR) is 110 cm³/mol. The van der Waals surface area contributed by atoms with Crippen LogP contribution in [0.1, 0.15) is 19.2 Å². The van der Waals surface area contributed by atoms with Gasteiger partial charge in [-0.2, -0.15) is 4.68 Å². The minimum absolute atomic E-state index is 0.0614. The maximum absolute atomic E-state index is 12.9. The molecule has 0 aliphatic heterocycles. The fraction of sp³-hybridized carbons (Fsp3) is 0.211. The number of rotatable bonds is 6. The average molecular weight is 413 g/mol. The molecular formula is C19H17ClN6OS. The zero-order valence-corrected chi connectivity index (χ0v) is 16.7. The lowest BCUT2D eigenvalue weighted by molar-refractivity contribution is 0.584. The Labute approximate surface area is 170 Å². The summed E-state index contributed by atoms with van der Waals surface area (Å²) in [4.78, 5) is 17.6. The zero-order valence-electron chi connectivity index (χ0n) is 15.1. The summed E-state index contributed by atoms with van der Waals surface area (Å²) >= 11 is 7.52. The van der Waals surface area contributed by atoms with Crippen molar-refractivity contribution >= 4 is 34.3 Å². The van der Waals surface area contributed by atoms with Crippen LogP contribution in [0.3, 0.4) is 0 Å². The second-order valence-corrected chi connectivity index (χ2v) is 7.52. The number of hydrogen-bond donors (Lipinski definition) is 0. The molecule has 4 rings (SSSR count). The lowest BCUT2D eigenvalue weighted by Crippen LogP contribution is -2.23. The Hall–Kier alpha value is -2.71. The van der Waals surface area contributed by atoms with Gasteiger partial charge < -0.3 is 0 Å². The number of thioether (sulfide) groups is 1. The molecule has 2 heterocycles. The normalized spacial score (nSPS) is 11.2. The van der Waals surface area contributed by atoms with Crippen molar-refractivity contribution in [2.24, 2.45) is 0 Å². The summed E-state index contributed by atoms with van der Waals surface area (Å²) in [6.45, 7) is 2.62. The van der Waals surface area contributed by atoms with Gasteiger partial charge in [-0.05, 0) is 47.2 Å². The molecule has 0 fully saturated rings. The highest BCUT2D eigenvalue weighted by Crippen LogP contribution is 2.23. The van der Waals surface area contributed by atoms with Gasteiger partial charge in [0.1, 0.15) is 0 Å². The number of benzene rings is 2. The van der Waals surface area contributed by atoms with Crippen molar-refractivity contribution in [2.75, 3.05) is 0 Å². The number of hydrogen-bond acceptors (Lipinski definition) is 6. The number of nitrogens with zero attached hydrogens (tertiary/aromatic N) is 6. The van der Waals surface area contributed by atoms with Gasteiger partial charge in [-0.1, -0.05) is 48.5 Å². The summed E-state index contributed by atoms with van der Waals surface area (Å²) in [5.74, 6) is 1.16. The molecule has 142 valence electrons. The van der Waals surface area contributed by atoms with Crippen LogP contribution in [0.25, 0.3) is 16.6 Å². The molecule has 0 spiro atoms. The molecule has 0 N–H and O–H groups in total. The molecule has 2 aromatic heterocycles. The topological polar surface area (TPSA) is 78.5 Å². The van der Waals surface area contributed by atoms with Gasteiger partial charge in [0, 0.05) is 11.6 Å². The Bertz CT molecular complexity index is 1170. The van der Waals surface area contributed by atoms with E-state index in [9.17, 15) is 4.79 Å². The summed E-state index contributed by atoms with van der Waals surface area (Å²) in [7, 11) is 0. The first-order valence-electron chi connectivity index (χ1n) is 8.83. The first-order chi connectivity index (χ1) is 13.7. The summed E-state index contributed by atoms with van der Waals surface area (Å²) in [6.07, 6.45) is 0.829. The summed E-state index contributed by atoms with van der Waals surface area (Å²) in [6, 6.07) is 14.8. The highest BCUT2D eigenvalue weighted by Gasteiger charge is 2.14. The van der Waals surface area contributed by atoms with Gasteiger partial charge >= 0.3 is 0 Å². The predicted octanol–water partition coefficient (Wildman–Crippen LogP) is 3.73. The van der Waals surface area contributed by atoms with E-state index in [0.717, 1.165) is 12.1 Å². The lowest BCUT2D eigenvalue weighted by Gasteiger charge is -2.12. The summed E-state index contributed by atoms with van der Waals surface area (Å²) in [5, 5.41) is 13.7. The van der Waals surface area contributed by atoms with Gasteiger partial charge in [0.25, 0.3) is 5.56 Å². The standard InChI is InChI=1S/C19H17ClN6OS/c1-2-10-25-18(27)15-9-8-13(20)11-16(15)21-19(25)28-12-17-22-23-24-26(17)14-6-4-3-5-7-14/h3-9,11H,2,10,12H2,1H3. The Kier molecular flexibility index (Phi) is 5.40. The van der Waals surface area contributed by atoms with E-state index in [1.807, 2.05) is 37.3 Å². The van der Waals surface area contributed by atoms with Crippen molar-refractivity contribution in [1.82, 2.24) is 29.8 Å². The van der Waals surface area contributed by atoms with E-state index in [-0.39, 0.29) is 5.56 Å². The van der Waals surface area contributed by atoms with Crippen LogP contribution in [0, 0.1) is 0 Å². The summed E-state index contributed by atoms with van der Waals surface area (Å²) < 4.78 is 3.39. The van der Waals surface area contributed by atoms with Crippen LogP contribution in [-0.4, -0.2) is 29.8 Å². The van der Waals surface area contributed by atoms with Crippen molar-refractivity contribution in [3.05, 3.63) is 69.7 Å². The number of aromatic nitrogens is 6. The van der Waals surface area contributed by atoms with Crippen molar-refractivity contribution < 1.29 is 0 Å². The molecule has 0 atom stereocenters. The van der Waals surface area contributed by atoms with E-state index in [1.54, 1.807) is 27.4 Å². The highest BCUT2D eigenvalue weighted by atomic mass is 35.5. The fourth-order valence-corrected chi connectivity index (χ4v) is 4.00. The third kappa shape index (κ3) is 3.65. The second-order valence-electron chi connectivity index (χ2n) is 6.14. The van der Waals surface area contributed by atoms with E-state index in [0.29, 0.717) is 39.2 Å². The molecule has 0 unspecified atom stereocenters. The average Bonchev–Trinajstić information content (AvgIpc) is 3.18. The SMILES string of the molecule is CCCn1c(SCc2nnnn2-c2ccccc2)nc2cc(Cl)ccc2c1=O. The fourth-order valence-electron chi connectivity index (χ4n) is 2.90. The molecule has 0 saturated carbocycles. The monoisotopic (exact) mass is 412 g/mol. The molecule has 0 bridgehead atoms. The van der Waals surface area contributed by atoms with Crippen LogP contribution in [0.15, 0.2) is 58.5 Å². The smallest absolute Gasteiger partial charge is 0.262 e. The quantitative estimate of drug-likeness (QED) is 0.354. The van der Waals surface area contributed by atoms with Crippen LogP contribution in [-0.2, 0) is 12.3 Å². The number of para-hydroxylation sites is 1. The minimum atomic E-state index is -0.0614. The van der Waals surface area contributed by atoms with Crippen molar-refractivity contribution in [2.45, 2.75) is 30.8 Å². The second kappa shape index (κ2) is 8.12. The molecule has 0 radical (unpaired) electrons. The van der Waals surface area contributed by atoms with Crippen molar-refractivity contribution in [3.63, 3.8) is 0 Å². The summed E-state index contributed by atoms with van der Waals surface area (Å²) in [5.41, 5.74) is 1.41. The van der Waals surface area contributed by atoms with Gasteiger partial charge in [0.15, 0.2) is 11.0 Å². The molecule has 0 aliphatic carbocycles. The van der Waals surface area contributed by atoms with Gasteiger partial charge in [-0.15, -0.1) is 5.10 Å². The third-order valence-electron chi connectivity index (χ3n) is 4.19. The molecule has 28 heavy (non-hydrogen) atoms. The van der Waals surface area contributed by atoms with Crippen LogP contribution in [0.4, 0.5) is 0 Å². The maximum atomic E-state index is 12.9. The number of tetrazole rings is 1. The van der Waals surface area contributed by atoms with Crippen LogP contribution < -0.4 is 5.56 Å². The molecule has 0 aliphatic rings. The minimum Gasteiger partial charge on any atom is -0.287 e. The number of fused-ring (bicyclic) bond motifs is 1.